The van der Waals surface area contributed by atoms with Crippen LogP contribution in [0, 0.1) is 5.92 Å². The normalized spacial score (nSPS) is 29.6. The first-order valence-corrected chi connectivity index (χ1v) is 7.89. The van der Waals surface area contributed by atoms with Crippen molar-refractivity contribution >= 4 is 17.2 Å². The quantitative estimate of drug-likeness (QED) is 0.844. The summed E-state index contributed by atoms with van der Waals surface area (Å²) >= 11 is 1.82. The summed E-state index contributed by atoms with van der Waals surface area (Å²) < 4.78 is 0. The van der Waals surface area contributed by atoms with Crippen LogP contribution < -0.4 is 5.73 Å². The standard InChI is InChI=1S/C15H20N2OS/c1-2-13-12-6-8-19-14(12)5-7-17(13)15(18)10-3-4-11(16)9-10/h3-4,6,8,10-11,13H,2,5,7,9,16H2,1H3. The lowest BCUT2D eigenvalue weighted by atomic mass is 9.95. The maximum atomic E-state index is 12.7. The van der Waals surface area contributed by atoms with Gasteiger partial charge in [0.15, 0.2) is 0 Å². The molecule has 3 atom stereocenters. The van der Waals surface area contributed by atoms with Crippen molar-refractivity contribution < 1.29 is 4.79 Å². The Morgan fingerprint density at radius 2 is 2.37 bits per heavy atom. The van der Waals surface area contributed by atoms with Crippen LogP contribution in [-0.2, 0) is 11.2 Å². The van der Waals surface area contributed by atoms with Crippen LogP contribution in [0.1, 0.15) is 36.2 Å². The van der Waals surface area contributed by atoms with Crippen molar-refractivity contribution in [2.75, 3.05) is 6.54 Å². The van der Waals surface area contributed by atoms with E-state index in [1.54, 1.807) is 0 Å². The smallest absolute Gasteiger partial charge is 0.230 e. The minimum Gasteiger partial charge on any atom is -0.335 e. The summed E-state index contributed by atoms with van der Waals surface area (Å²) in [6.07, 6.45) is 6.70. The zero-order chi connectivity index (χ0) is 13.4. The zero-order valence-corrected chi connectivity index (χ0v) is 12.0. The number of hydrogen-bond donors (Lipinski definition) is 1. The monoisotopic (exact) mass is 276 g/mol. The number of carbonyl (C=O) groups excluding carboxylic acids is 1. The topological polar surface area (TPSA) is 46.3 Å². The second-order valence-corrected chi connectivity index (χ2v) is 6.40. The Morgan fingerprint density at radius 3 is 3.05 bits per heavy atom. The highest BCUT2D eigenvalue weighted by Gasteiger charge is 2.34. The van der Waals surface area contributed by atoms with Gasteiger partial charge in [-0.25, -0.2) is 0 Å². The predicted molar refractivity (Wildman–Crippen MR) is 78.0 cm³/mol. The SMILES string of the molecule is CCC1c2ccsc2CCN1C(=O)C1C=CC(N)C1. The number of fused-ring (bicyclic) bond motifs is 1. The van der Waals surface area contributed by atoms with Gasteiger partial charge in [-0.15, -0.1) is 11.3 Å². The van der Waals surface area contributed by atoms with Crippen molar-refractivity contribution in [2.45, 2.75) is 38.3 Å². The van der Waals surface area contributed by atoms with Gasteiger partial charge in [0.05, 0.1) is 12.0 Å². The van der Waals surface area contributed by atoms with Crippen LogP contribution in [-0.4, -0.2) is 23.4 Å². The molecule has 2 aliphatic rings. The molecule has 0 saturated carbocycles. The fraction of sp³-hybridized carbons (Fsp3) is 0.533. The van der Waals surface area contributed by atoms with Gasteiger partial charge in [0.1, 0.15) is 0 Å². The van der Waals surface area contributed by atoms with Crippen LogP contribution in [0.4, 0.5) is 0 Å². The Hall–Kier alpha value is -1.13. The minimum absolute atomic E-state index is 0.00997. The van der Waals surface area contributed by atoms with Crippen molar-refractivity contribution in [3.63, 3.8) is 0 Å². The molecule has 0 radical (unpaired) electrons. The van der Waals surface area contributed by atoms with Gasteiger partial charge >= 0.3 is 0 Å². The molecule has 1 aromatic rings. The van der Waals surface area contributed by atoms with E-state index in [1.807, 2.05) is 23.5 Å². The number of hydrogen-bond acceptors (Lipinski definition) is 3. The van der Waals surface area contributed by atoms with Crippen LogP contribution in [0.2, 0.25) is 0 Å². The Morgan fingerprint density at radius 1 is 1.53 bits per heavy atom. The number of amides is 1. The molecule has 3 nitrogen and oxygen atoms in total. The van der Waals surface area contributed by atoms with Crippen molar-refractivity contribution in [3.8, 4) is 0 Å². The molecule has 1 aliphatic carbocycles. The highest BCUT2D eigenvalue weighted by atomic mass is 32.1. The summed E-state index contributed by atoms with van der Waals surface area (Å²) in [5.74, 6) is 0.247. The van der Waals surface area contributed by atoms with Gasteiger partial charge in [-0.3, -0.25) is 4.79 Å². The van der Waals surface area contributed by atoms with Crippen molar-refractivity contribution in [1.29, 1.82) is 0 Å². The molecule has 3 unspecified atom stereocenters. The highest BCUT2D eigenvalue weighted by Crippen LogP contribution is 2.36. The van der Waals surface area contributed by atoms with E-state index in [2.05, 4.69) is 23.3 Å². The van der Waals surface area contributed by atoms with Gasteiger partial charge in [-0.05, 0) is 36.3 Å². The Bertz CT molecular complexity index is 508. The lowest BCUT2D eigenvalue weighted by Gasteiger charge is -2.37. The Labute approximate surface area is 118 Å². The van der Waals surface area contributed by atoms with Gasteiger partial charge in [0.2, 0.25) is 5.91 Å². The van der Waals surface area contributed by atoms with E-state index in [9.17, 15) is 4.79 Å². The molecule has 1 aliphatic heterocycles. The molecule has 102 valence electrons. The van der Waals surface area contributed by atoms with E-state index in [0.717, 1.165) is 25.8 Å². The third kappa shape index (κ3) is 2.23. The molecular formula is C15H20N2OS. The van der Waals surface area contributed by atoms with Gasteiger partial charge < -0.3 is 10.6 Å². The van der Waals surface area contributed by atoms with Crippen LogP contribution >= 0.6 is 11.3 Å². The summed E-state index contributed by atoms with van der Waals surface area (Å²) in [4.78, 5) is 16.2. The second kappa shape index (κ2) is 5.10. The van der Waals surface area contributed by atoms with Gasteiger partial charge in [-0.1, -0.05) is 19.1 Å². The lowest BCUT2D eigenvalue weighted by molar-refractivity contribution is -0.137. The predicted octanol–water partition coefficient (Wildman–Crippen LogP) is 2.49. The largest absolute Gasteiger partial charge is 0.335 e. The summed E-state index contributed by atoms with van der Waals surface area (Å²) in [6.45, 7) is 3.01. The molecule has 2 heterocycles. The van der Waals surface area contributed by atoms with E-state index in [1.165, 1.54) is 10.4 Å². The maximum Gasteiger partial charge on any atom is 0.230 e. The second-order valence-electron chi connectivity index (χ2n) is 5.40. The van der Waals surface area contributed by atoms with Crippen molar-refractivity contribution in [3.05, 3.63) is 34.0 Å². The zero-order valence-electron chi connectivity index (χ0n) is 11.2. The molecule has 0 aromatic carbocycles. The molecule has 2 N–H and O–H groups in total. The third-order valence-corrected chi connectivity index (χ3v) is 5.20. The molecule has 0 bridgehead atoms. The number of rotatable bonds is 2. The van der Waals surface area contributed by atoms with Crippen molar-refractivity contribution in [2.24, 2.45) is 11.7 Å². The molecule has 4 heteroatoms. The average molecular weight is 276 g/mol. The molecule has 1 amide bonds. The molecule has 1 aromatic heterocycles. The minimum atomic E-state index is -0.00997. The van der Waals surface area contributed by atoms with E-state index < -0.39 is 0 Å². The highest BCUT2D eigenvalue weighted by molar-refractivity contribution is 7.10. The van der Waals surface area contributed by atoms with Crippen LogP contribution in [0.25, 0.3) is 0 Å². The summed E-state index contributed by atoms with van der Waals surface area (Å²) in [7, 11) is 0. The number of nitrogens with two attached hydrogens (primary N) is 1. The molecule has 0 fully saturated rings. The number of thiophene rings is 1. The van der Waals surface area contributed by atoms with Gasteiger partial charge in [0.25, 0.3) is 0 Å². The fourth-order valence-corrected chi connectivity index (χ4v) is 4.15. The molecule has 19 heavy (non-hydrogen) atoms. The van der Waals surface area contributed by atoms with Gasteiger partial charge in [0, 0.05) is 17.5 Å². The number of nitrogens with zero attached hydrogens (tertiary/aromatic N) is 1. The Balaban J connectivity index is 1.82. The van der Waals surface area contributed by atoms with Crippen LogP contribution in [0.5, 0.6) is 0 Å². The van der Waals surface area contributed by atoms with E-state index >= 15 is 0 Å². The molecule has 3 rings (SSSR count). The first-order chi connectivity index (χ1) is 9.20. The number of carbonyl (C=O) groups is 1. The molecule has 0 saturated heterocycles. The van der Waals surface area contributed by atoms with Gasteiger partial charge in [-0.2, -0.15) is 0 Å². The molecule has 0 spiro atoms. The first-order valence-electron chi connectivity index (χ1n) is 7.01. The first kappa shape index (κ1) is 12.9. The Kier molecular flexibility index (Phi) is 3.46. The van der Waals surface area contributed by atoms with E-state index in [4.69, 9.17) is 5.73 Å². The molecular weight excluding hydrogens is 256 g/mol. The summed E-state index contributed by atoms with van der Waals surface area (Å²) in [5.41, 5.74) is 7.22. The maximum absolute atomic E-state index is 12.7. The van der Waals surface area contributed by atoms with E-state index in [0.29, 0.717) is 0 Å². The summed E-state index contributed by atoms with van der Waals surface area (Å²) in [5, 5.41) is 2.15. The van der Waals surface area contributed by atoms with Crippen molar-refractivity contribution in [1.82, 2.24) is 4.90 Å². The average Bonchev–Trinajstić information content (AvgIpc) is 3.04. The van der Waals surface area contributed by atoms with Crippen LogP contribution in [0.15, 0.2) is 23.6 Å². The lowest BCUT2D eigenvalue weighted by Crippen LogP contribution is -2.42. The van der Waals surface area contributed by atoms with E-state index in [-0.39, 0.29) is 23.9 Å². The summed E-state index contributed by atoms with van der Waals surface area (Å²) in [6, 6.07) is 2.49. The fourth-order valence-electron chi connectivity index (χ4n) is 3.22. The van der Waals surface area contributed by atoms with Crippen LogP contribution in [0.3, 0.4) is 0 Å². The third-order valence-electron chi connectivity index (χ3n) is 4.20.